The fourth-order valence-electron chi connectivity index (χ4n) is 2.75. The van der Waals surface area contributed by atoms with Gasteiger partial charge in [0.05, 0.1) is 0 Å². The number of nitrogens with one attached hydrogen (secondary N) is 1. The van der Waals surface area contributed by atoms with Crippen LogP contribution in [0.4, 0.5) is 5.69 Å². The van der Waals surface area contributed by atoms with Crippen LogP contribution in [0, 0.1) is 11.8 Å². The Kier molecular flexibility index (Phi) is 6.62. The van der Waals surface area contributed by atoms with Crippen molar-refractivity contribution in [2.45, 2.75) is 33.0 Å². The summed E-state index contributed by atoms with van der Waals surface area (Å²) in [6, 6.07) is 9.28. The molecule has 2 N–H and O–H groups in total. The first kappa shape index (κ1) is 17.5. The molecule has 3 atom stereocenters. The summed E-state index contributed by atoms with van der Waals surface area (Å²) < 4.78 is 11.5. The molecule has 5 nitrogen and oxygen atoms in total. The third kappa shape index (κ3) is 4.81. The van der Waals surface area contributed by atoms with E-state index in [-0.39, 0.29) is 24.3 Å². The van der Waals surface area contributed by atoms with Crippen LogP contribution in [-0.2, 0) is 14.3 Å². The molecule has 2 rings (SSSR count). The van der Waals surface area contributed by atoms with Crippen LogP contribution in [0.2, 0.25) is 0 Å². The standard InChI is InChI=1S/C18H25NO4/c1-3-22-18-15(10-7-11-20)13(2)12-16(23-18)17(21)19-14-8-5-4-6-9-14/h4-6,8-9,12-13,15,18,20H,3,7,10-11H2,1-2H3,(H,19,21)/t13-,15-,18+/m0/s1. The van der Waals surface area contributed by atoms with Crippen LogP contribution >= 0.6 is 0 Å². The number of para-hydroxylation sites is 1. The van der Waals surface area contributed by atoms with Gasteiger partial charge in [0.15, 0.2) is 5.76 Å². The Bertz CT molecular complexity index is 529. The van der Waals surface area contributed by atoms with Crippen LogP contribution in [0.1, 0.15) is 26.7 Å². The summed E-state index contributed by atoms with van der Waals surface area (Å²) in [4.78, 5) is 12.4. The van der Waals surface area contributed by atoms with Gasteiger partial charge in [-0.15, -0.1) is 0 Å². The minimum atomic E-state index is -0.455. The van der Waals surface area contributed by atoms with E-state index in [4.69, 9.17) is 14.6 Å². The number of hydrogen-bond donors (Lipinski definition) is 2. The zero-order valence-electron chi connectivity index (χ0n) is 13.7. The molecule has 0 saturated carbocycles. The van der Waals surface area contributed by atoms with Gasteiger partial charge < -0.3 is 19.9 Å². The second-order valence-electron chi connectivity index (χ2n) is 5.68. The van der Waals surface area contributed by atoms with Crippen molar-refractivity contribution >= 4 is 11.6 Å². The predicted molar refractivity (Wildman–Crippen MR) is 88.6 cm³/mol. The summed E-state index contributed by atoms with van der Waals surface area (Å²) >= 11 is 0. The van der Waals surface area contributed by atoms with Gasteiger partial charge in [0, 0.05) is 24.8 Å². The summed E-state index contributed by atoms with van der Waals surface area (Å²) in [5.74, 6) is 0.298. The number of rotatable bonds is 7. The number of benzene rings is 1. The fourth-order valence-corrected chi connectivity index (χ4v) is 2.75. The Balaban J connectivity index is 2.08. The minimum absolute atomic E-state index is 0.135. The molecule has 126 valence electrons. The molecule has 0 aliphatic carbocycles. The topological polar surface area (TPSA) is 67.8 Å². The van der Waals surface area contributed by atoms with E-state index in [0.29, 0.717) is 18.8 Å². The Morgan fingerprint density at radius 3 is 2.74 bits per heavy atom. The van der Waals surface area contributed by atoms with Crippen molar-refractivity contribution in [1.82, 2.24) is 0 Å². The van der Waals surface area contributed by atoms with Crippen molar-refractivity contribution in [3.8, 4) is 0 Å². The molecule has 1 aliphatic heterocycles. The molecule has 1 aliphatic rings. The lowest BCUT2D eigenvalue weighted by molar-refractivity contribution is -0.169. The lowest BCUT2D eigenvalue weighted by Gasteiger charge is -2.35. The first-order valence-corrected chi connectivity index (χ1v) is 8.13. The highest BCUT2D eigenvalue weighted by atomic mass is 16.7. The summed E-state index contributed by atoms with van der Waals surface area (Å²) in [6.07, 6.45) is 2.88. The molecular formula is C18H25NO4. The Morgan fingerprint density at radius 1 is 1.35 bits per heavy atom. The molecule has 23 heavy (non-hydrogen) atoms. The second kappa shape index (κ2) is 8.70. The van der Waals surface area contributed by atoms with Gasteiger partial charge in [0.1, 0.15) is 0 Å². The fraction of sp³-hybridized carbons (Fsp3) is 0.500. The van der Waals surface area contributed by atoms with Crippen LogP contribution in [0.3, 0.4) is 0 Å². The zero-order chi connectivity index (χ0) is 16.7. The molecule has 1 aromatic carbocycles. The third-order valence-electron chi connectivity index (χ3n) is 3.96. The van der Waals surface area contributed by atoms with E-state index in [1.54, 1.807) is 0 Å². The van der Waals surface area contributed by atoms with Crippen LogP contribution < -0.4 is 5.32 Å². The average Bonchev–Trinajstić information content (AvgIpc) is 2.55. The Hall–Kier alpha value is -1.85. The zero-order valence-corrected chi connectivity index (χ0v) is 13.7. The van der Waals surface area contributed by atoms with Crippen LogP contribution in [0.5, 0.6) is 0 Å². The maximum absolute atomic E-state index is 12.4. The number of aliphatic hydroxyl groups excluding tert-OH is 1. The number of anilines is 1. The summed E-state index contributed by atoms with van der Waals surface area (Å²) in [7, 11) is 0. The molecule has 0 saturated heterocycles. The van der Waals surface area contributed by atoms with E-state index in [1.165, 1.54) is 0 Å². The van der Waals surface area contributed by atoms with Crippen molar-refractivity contribution in [3.63, 3.8) is 0 Å². The van der Waals surface area contributed by atoms with E-state index in [2.05, 4.69) is 5.32 Å². The highest BCUT2D eigenvalue weighted by Crippen LogP contribution is 2.32. The Labute approximate surface area is 137 Å². The largest absolute Gasteiger partial charge is 0.459 e. The molecule has 0 bridgehead atoms. The lowest BCUT2D eigenvalue weighted by Crippen LogP contribution is -2.37. The maximum Gasteiger partial charge on any atom is 0.290 e. The second-order valence-corrected chi connectivity index (χ2v) is 5.68. The van der Waals surface area contributed by atoms with E-state index in [0.717, 1.165) is 12.1 Å². The smallest absolute Gasteiger partial charge is 0.290 e. The van der Waals surface area contributed by atoms with Crippen LogP contribution in [0.15, 0.2) is 42.2 Å². The summed E-state index contributed by atoms with van der Waals surface area (Å²) in [5.41, 5.74) is 0.727. The van der Waals surface area contributed by atoms with Crippen molar-refractivity contribution < 1.29 is 19.4 Å². The molecule has 5 heteroatoms. The molecule has 1 aromatic rings. The van der Waals surface area contributed by atoms with Crippen molar-refractivity contribution in [2.24, 2.45) is 11.8 Å². The van der Waals surface area contributed by atoms with Gasteiger partial charge in [-0.05, 0) is 43.9 Å². The number of amides is 1. The SMILES string of the molecule is CCO[C@@H]1OC(C(=O)Nc2ccccc2)=C[C@H](C)[C@@H]1CCCO. The number of allylic oxidation sites excluding steroid dienone is 1. The van der Waals surface area contributed by atoms with Gasteiger partial charge in [-0.3, -0.25) is 4.79 Å². The van der Waals surface area contributed by atoms with Gasteiger partial charge in [-0.25, -0.2) is 0 Å². The Morgan fingerprint density at radius 2 is 2.09 bits per heavy atom. The molecule has 1 amide bonds. The van der Waals surface area contributed by atoms with Gasteiger partial charge in [-0.1, -0.05) is 25.1 Å². The van der Waals surface area contributed by atoms with Gasteiger partial charge in [0.25, 0.3) is 5.91 Å². The van der Waals surface area contributed by atoms with Gasteiger partial charge in [0.2, 0.25) is 6.29 Å². The van der Waals surface area contributed by atoms with Crippen molar-refractivity contribution in [1.29, 1.82) is 0 Å². The quantitative estimate of drug-likeness (QED) is 0.811. The minimum Gasteiger partial charge on any atom is -0.459 e. The average molecular weight is 319 g/mol. The first-order chi connectivity index (χ1) is 11.2. The highest BCUT2D eigenvalue weighted by molar-refractivity contribution is 6.02. The van der Waals surface area contributed by atoms with E-state index < -0.39 is 6.29 Å². The number of carbonyl (C=O) groups excluding carboxylic acids is 1. The lowest BCUT2D eigenvalue weighted by atomic mass is 9.86. The number of ether oxygens (including phenoxy) is 2. The molecule has 0 unspecified atom stereocenters. The predicted octanol–water partition coefficient (Wildman–Crippen LogP) is 2.93. The van der Waals surface area contributed by atoms with E-state index in [9.17, 15) is 4.79 Å². The molecule has 0 fully saturated rings. The molecule has 1 heterocycles. The van der Waals surface area contributed by atoms with Crippen LogP contribution in [0.25, 0.3) is 0 Å². The monoisotopic (exact) mass is 319 g/mol. The van der Waals surface area contributed by atoms with Gasteiger partial charge >= 0.3 is 0 Å². The third-order valence-corrected chi connectivity index (χ3v) is 3.96. The van der Waals surface area contributed by atoms with Crippen LogP contribution in [-0.4, -0.2) is 30.5 Å². The summed E-state index contributed by atoms with van der Waals surface area (Å²) in [5, 5.41) is 11.9. The summed E-state index contributed by atoms with van der Waals surface area (Å²) in [6.45, 7) is 4.61. The van der Waals surface area contributed by atoms with E-state index >= 15 is 0 Å². The molecule has 0 spiro atoms. The maximum atomic E-state index is 12.4. The normalized spacial score (nSPS) is 23.8. The molecule has 0 radical (unpaired) electrons. The highest BCUT2D eigenvalue weighted by Gasteiger charge is 2.34. The number of hydrogen-bond acceptors (Lipinski definition) is 4. The first-order valence-electron chi connectivity index (χ1n) is 8.13. The number of carbonyl (C=O) groups is 1. The van der Waals surface area contributed by atoms with E-state index in [1.807, 2.05) is 50.3 Å². The van der Waals surface area contributed by atoms with Crippen molar-refractivity contribution in [3.05, 3.63) is 42.2 Å². The number of aliphatic hydroxyl groups is 1. The van der Waals surface area contributed by atoms with Gasteiger partial charge in [-0.2, -0.15) is 0 Å². The van der Waals surface area contributed by atoms with Crippen molar-refractivity contribution in [2.75, 3.05) is 18.5 Å². The molecule has 0 aromatic heterocycles. The molecular weight excluding hydrogens is 294 g/mol.